The zero-order chi connectivity index (χ0) is 14.5. The molecule has 0 spiro atoms. The molecule has 4 nitrogen and oxygen atoms in total. The van der Waals surface area contributed by atoms with Crippen LogP contribution in [0.1, 0.15) is 45.0 Å². The fourth-order valence-electron chi connectivity index (χ4n) is 3.13. The van der Waals surface area contributed by atoms with Crippen LogP contribution in [0.4, 0.5) is 0 Å². The molecule has 1 N–H and O–H groups in total. The van der Waals surface area contributed by atoms with Gasteiger partial charge in [-0.15, -0.1) is 0 Å². The van der Waals surface area contributed by atoms with E-state index in [1.807, 2.05) is 0 Å². The van der Waals surface area contributed by atoms with E-state index < -0.39 is 0 Å². The molecule has 0 aliphatic carbocycles. The summed E-state index contributed by atoms with van der Waals surface area (Å²) in [5.41, 5.74) is 2.43. The van der Waals surface area contributed by atoms with Crippen LogP contribution in [0.3, 0.4) is 0 Å². The van der Waals surface area contributed by atoms with E-state index in [0.717, 1.165) is 38.2 Å². The number of rotatable bonds is 7. The molecule has 3 unspecified atom stereocenters. The Balaban J connectivity index is 2.09. The number of nitrogens with one attached hydrogen (secondary N) is 1. The van der Waals surface area contributed by atoms with Crippen molar-refractivity contribution in [2.45, 2.75) is 65.6 Å². The molecule has 0 radical (unpaired) electrons. The number of hydrogen-bond acceptors (Lipinski definition) is 3. The summed E-state index contributed by atoms with van der Waals surface area (Å²) in [7, 11) is 0. The van der Waals surface area contributed by atoms with Crippen molar-refractivity contribution in [3.8, 4) is 0 Å². The van der Waals surface area contributed by atoms with E-state index in [1.165, 1.54) is 12.1 Å². The molecule has 1 aromatic heterocycles. The summed E-state index contributed by atoms with van der Waals surface area (Å²) in [4.78, 5) is 0. The molecule has 1 aromatic rings. The monoisotopic (exact) mass is 279 g/mol. The number of aromatic nitrogens is 2. The van der Waals surface area contributed by atoms with Crippen LogP contribution in [0.25, 0.3) is 0 Å². The third-order valence-corrected chi connectivity index (χ3v) is 4.21. The van der Waals surface area contributed by atoms with Gasteiger partial charge in [-0.3, -0.25) is 4.68 Å². The highest BCUT2D eigenvalue weighted by Gasteiger charge is 2.32. The Morgan fingerprint density at radius 3 is 2.90 bits per heavy atom. The number of ether oxygens (including phenoxy) is 1. The highest BCUT2D eigenvalue weighted by Crippen LogP contribution is 2.25. The van der Waals surface area contributed by atoms with Crippen molar-refractivity contribution in [1.82, 2.24) is 15.1 Å². The van der Waals surface area contributed by atoms with Gasteiger partial charge < -0.3 is 10.1 Å². The molecular formula is C16H29N3O. The Morgan fingerprint density at radius 2 is 2.30 bits per heavy atom. The number of nitrogens with zero attached hydrogens (tertiary/aromatic N) is 2. The summed E-state index contributed by atoms with van der Waals surface area (Å²) in [5.74, 6) is 0.642. The Hall–Kier alpha value is -0.870. The van der Waals surface area contributed by atoms with Crippen LogP contribution in [-0.2, 0) is 17.7 Å². The lowest BCUT2D eigenvalue weighted by atomic mass is 9.94. The molecule has 0 saturated carbocycles. The van der Waals surface area contributed by atoms with Gasteiger partial charge >= 0.3 is 0 Å². The average molecular weight is 279 g/mol. The lowest BCUT2D eigenvalue weighted by molar-refractivity contribution is 0.0604. The molecule has 0 bridgehead atoms. The van der Waals surface area contributed by atoms with Gasteiger partial charge in [-0.1, -0.05) is 13.8 Å². The molecule has 3 atom stereocenters. The molecule has 1 saturated heterocycles. The minimum absolute atomic E-state index is 0.335. The summed E-state index contributed by atoms with van der Waals surface area (Å²) >= 11 is 0. The molecule has 4 heteroatoms. The van der Waals surface area contributed by atoms with E-state index in [2.05, 4.69) is 48.9 Å². The van der Waals surface area contributed by atoms with E-state index in [-0.39, 0.29) is 0 Å². The van der Waals surface area contributed by atoms with Gasteiger partial charge in [0.2, 0.25) is 0 Å². The summed E-state index contributed by atoms with van der Waals surface area (Å²) in [5, 5.41) is 8.24. The van der Waals surface area contributed by atoms with Gasteiger partial charge in [0.25, 0.3) is 0 Å². The van der Waals surface area contributed by atoms with E-state index in [0.29, 0.717) is 18.1 Å². The van der Waals surface area contributed by atoms with Crippen LogP contribution in [0.2, 0.25) is 0 Å². The Bertz CT molecular complexity index is 416. The quantitative estimate of drug-likeness (QED) is 0.833. The summed E-state index contributed by atoms with van der Waals surface area (Å²) in [6, 6.07) is 2.61. The van der Waals surface area contributed by atoms with E-state index in [1.54, 1.807) is 0 Å². The fraction of sp³-hybridized carbons (Fsp3) is 0.812. The standard InChI is InChI=1S/C16H29N3O/c1-5-8-17-15(16-12(3)7-9-20-16)11-14-10-13(4)18-19(14)6-2/h10,12,15-17H,5-9,11H2,1-4H3. The maximum atomic E-state index is 5.98. The predicted molar refractivity (Wildman–Crippen MR) is 81.9 cm³/mol. The van der Waals surface area contributed by atoms with Crippen LogP contribution >= 0.6 is 0 Å². The smallest absolute Gasteiger partial charge is 0.0758 e. The second kappa shape index (κ2) is 7.23. The van der Waals surface area contributed by atoms with Crippen molar-refractivity contribution in [2.24, 2.45) is 5.92 Å². The lowest BCUT2D eigenvalue weighted by Gasteiger charge is -2.27. The zero-order valence-electron chi connectivity index (χ0n) is 13.4. The van der Waals surface area contributed by atoms with Crippen LogP contribution in [-0.4, -0.2) is 35.1 Å². The second-order valence-electron chi connectivity index (χ2n) is 5.96. The van der Waals surface area contributed by atoms with E-state index in [4.69, 9.17) is 4.74 Å². The summed E-state index contributed by atoms with van der Waals surface area (Å²) < 4.78 is 8.11. The molecule has 1 aliphatic heterocycles. The highest BCUT2D eigenvalue weighted by molar-refractivity contribution is 5.11. The molecule has 2 heterocycles. The molecule has 0 amide bonds. The lowest BCUT2D eigenvalue weighted by Crippen LogP contribution is -2.44. The van der Waals surface area contributed by atoms with Gasteiger partial charge in [0.1, 0.15) is 0 Å². The molecule has 1 aliphatic rings. The first-order valence-corrected chi connectivity index (χ1v) is 8.04. The van der Waals surface area contributed by atoms with Crippen LogP contribution < -0.4 is 5.32 Å². The van der Waals surface area contributed by atoms with Gasteiger partial charge in [-0.2, -0.15) is 5.10 Å². The first-order valence-electron chi connectivity index (χ1n) is 8.04. The number of hydrogen-bond donors (Lipinski definition) is 1. The minimum atomic E-state index is 0.335. The predicted octanol–water partition coefficient (Wildman–Crippen LogP) is 2.55. The minimum Gasteiger partial charge on any atom is -0.376 e. The maximum Gasteiger partial charge on any atom is 0.0758 e. The van der Waals surface area contributed by atoms with Crippen LogP contribution in [0, 0.1) is 12.8 Å². The topological polar surface area (TPSA) is 39.1 Å². The van der Waals surface area contributed by atoms with Crippen molar-refractivity contribution in [1.29, 1.82) is 0 Å². The molecule has 1 fully saturated rings. The van der Waals surface area contributed by atoms with Crippen molar-refractivity contribution in [3.63, 3.8) is 0 Å². The average Bonchev–Trinajstić information content (AvgIpc) is 3.00. The van der Waals surface area contributed by atoms with Gasteiger partial charge in [0, 0.05) is 31.3 Å². The molecular weight excluding hydrogens is 250 g/mol. The first kappa shape index (κ1) is 15.5. The van der Waals surface area contributed by atoms with Crippen molar-refractivity contribution in [2.75, 3.05) is 13.2 Å². The SMILES string of the molecule is CCCNC(Cc1cc(C)nn1CC)C1OCCC1C. The zero-order valence-corrected chi connectivity index (χ0v) is 13.4. The van der Waals surface area contributed by atoms with Crippen LogP contribution in [0.15, 0.2) is 6.07 Å². The Morgan fingerprint density at radius 1 is 1.50 bits per heavy atom. The maximum absolute atomic E-state index is 5.98. The summed E-state index contributed by atoms with van der Waals surface area (Å²) in [6.45, 7) is 11.6. The molecule has 0 aromatic carbocycles. The van der Waals surface area contributed by atoms with Gasteiger partial charge in [0.05, 0.1) is 11.8 Å². The van der Waals surface area contributed by atoms with Crippen molar-refractivity contribution < 1.29 is 4.74 Å². The Labute approximate surface area is 122 Å². The Kier molecular flexibility index (Phi) is 5.61. The summed E-state index contributed by atoms with van der Waals surface area (Å²) in [6.07, 6.45) is 3.68. The first-order chi connectivity index (χ1) is 9.65. The third kappa shape index (κ3) is 3.61. The van der Waals surface area contributed by atoms with Gasteiger partial charge in [0.15, 0.2) is 0 Å². The normalized spacial score (nSPS) is 24.2. The fourth-order valence-corrected chi connectivity index (χ4v) is 3.13. The van der Waals surface area contributed by atoms with Crippen molar-refractivity contribution >= 4 is 0 Å². The van der Waals surface area contributed by atoms with E-state index in [9.17, 15) is 0 Å². The van der Waals surface area contributed by atoms with Gasteiger partial charge in [-0.05, 0) is 45.2 Å². The number of aryl methyl sites for hydroxylation is 2. The van der Waals surface area contributed by atoms with E-state index >= 15 is 0 Å². The third-order valence-electron chi connectivity index (χ3n) is 4.21. The molecule has 2 rings (SSSR count). The van der Waals surface area contributed by atoms with Gasteiger partial charge in [-0.25, -0.2) is 0 Å². The van der Waals surface area contributed by atoms with Crippen molar-refractivity contribution in [3.05, 3.63) is 17.5 Å². The molecule has 20 heavy (non-hydrogen) atoms. The van der Waals surface area contributed by atoms with Crippen LogP contribution in [0.5, 0.6) is 0 Å². The highest BCUT2D eigenvalue weighted by atomic mass is 16.5. The second-order valence-corrected chi connectivity index (χ2v) is 5.96. The molecule has 114 valence electrons. The largest absolute Gasteiger partial charge is 0.376 e.